The van der Waals surface area contributed by atoms with E-state index < -0.39 is 0 Å². The van der Waals surface area contributed by atoms with E-state index in [-0.39, 0.29) is 11.9 Å². The molecule has 1 atom stereocenters. The standard InChI is InChI=1S/C25H25NO4/c1-17-24-19(14-26(16-29-24)15-20-10-6-12-28-20)13-21-23(27)22(30-25(17)21)11-5-9-18-7-3-2-4-8-18/h2-5,7-9,11,13,20H,6,10,12,14-16H2,1H3/b9-5+,22-11-. The molecule has 0 saturated carbocycles. The Kier molecular flexibility index (Phi) is 5.15. The third-order valence-electron chi connectivity index (χ3n) is 5.82. The maximum atomic E-state index is 12.9. The molecule has 1 unspecified atom stereocenters. The van der Waals surface area contributed by atoms with E-state index in [0.29, 0.717) is 23.8 Å². The largest absolute Gasteiger partial charge is 0.477 e. The zero-order valence-corrected chi connectivity index (χ0v) is 17.1. The van der Waals surface area contributed by atoms with Gasteiger partial charge in [-0.2, -0.15) is 0 Å². The van der Waals surface area contributed by atoms with Crippen LogP contribution in [-0.2, 0) is 11.3 Å². The molecule has 30 heavy (non-hydrogen) atoms. The molecule has 3 aliphatic rings. The van der Waals surface area contributed by atoms with Crippen molar-refractivity contribution in [2.24, 2.45) is 0 Å². The minimum absolute atomic E-state index is 0.0788. The van der Waals surface area contributed by atoms with Gasteiger partial charge < -0.3 is 14.2 Å². The molecule has 0 bridgehead atoms. The molecule has 5 nitrogen and oxygen atoms in total. The van der Waals surface area contributed by atoms with Gasteiger partial charge in [0.15, 0.2) is 5.76 Å². The molecule has 3 heterocycles. The lowest BCUT2D eigenvalue weighted by Crippen LogP contribution is -2.37. The summed E-state index contributed by atoms with van der Waals surface area (Å²) in [5.74, 6) is 1.72. The second-order valence-corrected chi connectivity index (χ2v) is 8.02. The van der Waals surface area contributed by atoms with Crippen molar-refractivity contribution in [2.45, 2.75) is 32.4 Å². The van der Waals surface area contributed by atoms with Crippen molar-refractivity contribution in [1.82, 2.24) is 4.90 Å². The van der Waals surface area contributed by atoms with Crippen molar-refractivity contribution < 1.29 is 19.0 Å². The van der Waals surface area contributed by atoms with Gasteiger partial charge in [-0.3, -0.25) is 9.69 Å². The Bertz CT molecular complexity index is 1020. The smallest absolute Gasteiger partial charge is 0.231 e. The molecular formula is C25H25NO4. The number of rotatable bonds is 4. The van der Waals surface area contributed by atoms with E-state index in [2.05, 4.69) is 4.90 Å². The summed E-state index contributed by atoms with van der Waals surface area (Å²) in [5.41, 5.74) is 3.62. The van der Waals surface area contributed by atoms with Crippen molar-refractivity contribution >= 4 is 11.9 Å². The highest BCUT2D eigenvalue weighted by atomic mass is 16.5. The van der Waals surface area contributed by atoms with Crippen LogP contribution < -0.4 is 9.47 Å². The third kappa shape index (κ3) is 3.66. The van der Waals surface area contributed by atoms with Crippen LogP contribution in [-0.4, -0.2) is 36.7 Å². The summed E-state index contributed by atoms with van der Waals surface area (Å²) in [5, 5.41) is 0. The number of hydrogen-bond acceptors (Lipinski definition) is 5. The number of allylic oxidation sites excluding steroid dienone is 3. The molecule has 2 aromatic carbocycles. The van der Waals surface area contributed by atoms with Crippen LogP contribution in [0.5, 0.6) is 11.5 Å². The van der Waals surface area contributed by atoms with E-state index in [1.807, 2.05) is 55.5 Å². The maximum absolute atomic E-state index is 12.9. The quantitative estimate of drug-likeness (QED) is 0.704. The SMILES string of the molecule is Cc1c2c(cc3c1O/C(=C\C=C\c1ccccc1)C3=O)CN(CC1CCCO1)CO2. The molecule has 2 aromatic rings. The Morgan fingerprint density at radius 2 is 2.07 bits per heavy atom. The van der Waals surface area contributed by atoms with Gasteiger partial charge in [-0.1, -0.05) is 42.5 Å². The normalized spacial score (nSPS) is 22.2. The summed E-state index contributed by atoms with van der Waals surface area (Å²) in [6.07, 6.45) is 8.05. The fourth-order valence-corrected chi connectivity index (χ4v) is 4.32. The van der Waals surface area contributed by atoms with Crippen molar-refractivity contribution in [1.29, 1.82) is 0 Å². The van der Waals surface area contributed by atoms with Gasteiger partial charge in [-0.05, 0) is 37.5 Å². The van der Waals surface area contributed by atoms with Crippen LogP contribution in [0.15, 0.2) is 54.3 Å². The summed E-state index contributed by atoms with van der Waals surface area (Å²) in [6, 6.07) is 11.9. The van der Waals surface area contributed by atoms with Crippen molar-refractivity contribution in [2.75, 3.05) is 19.9 Å². The molecule has 1 saturated heterocycles. The maximum Gasteiger partial charge on any atom is 0.231 e. The zero-order chi connectivity index (χ0) is 20.5. The summed E-state index contributed by atoms with van der Waals surface area (Å²) in [4.78, 5) is 15.2. The second kappa shape index (κ2) is 8.09. The summed E-state index contributed by atoms with van der Waals surface area (Å²) in [6.45, 7) is 4.95. The highest BCUT2D eigenvalue weighted by Gasteiger charge is 2.33. The fourth-order valence-electron chi connectivity index (χ4n) is 4.32. The monoisotopic (exact) mass is 403 g/mol. The van der Waals surface area contributed by atoms with Crippen LogP contribution in [0.4, 0.5) is 0 Å². The van der Waals surface area contributed by atoms with Gasteiger partial charge >= 0.3 is 0 Å². The highest BCUT2D eigenvalue weighted by Crippen LogP contribution is 2.43. The van der Waals surface area contributed by atoms with Gasteiger partial charge in [-0.25, -0.2) is 0 Å². The Balaban J connectivity index is 1.35. The van der Waals surface area contributed by atoms with Gasteiger partial charge in [0.1, 0.15) is 18.2 Å². The highest BCUT2D eigenvalue weighted by molar-refractivity contribution is 6.13. The molecule has 1 fully saturated rings. The Morgan fingerprint density at radius 1 is 1.20 bits per heavy atom. The Hall–Kier alpha value is -2.89. The Labute approximate surface area is 176 Å². The predicted molar refractivity (Wildman–Crippen MR) is 115 cm³/mol. The number of carbonyl (C=O) groups is 1. The summed E-state index contributed by atoms with van der Waals surface area (Å²) >= 11 is 0. The van der Waals surface area contributed by atoms with E-state index in [1.165, 1.54) is 0 Å². The third-order valence-corrected chi connectivity index (χ3v) is 5.82. The van der Waals surface area contributed by atoms with E-state index in [1.54, 1.807) is 6.08 Å². The number of Topliss-reactive ketones (excluding diaryl/α,β-unsaturated/α-hetero) is 1. The number of ether oxygens (including phenoxy) is 3. The van der Waals surface area contributed by atoms with Gasteiger partial charge in [0.2, 0.25) is 5.78 Å². The van der Waals surface area contributed by atoms with Crippen LogP contribution >= 0.6 is 0 Å². The lowest BCUT2D eigenvalue weighted by Gasteiger charge is -2.31. The first kappa shape index (κ1) is 19.1. The molecule has 5 heteroatoms. The van der Waals surface area contributed by atoms with E-state index >= 15 is 0 Å². The number of nitrogens with zero attached hydrogens (tertiary/aromatic N) is 1. The average Bonchev–Trinajstić information content (AvgIpc) is 3.38. The van der Waals surface area contributed by atoms with Crippen LogP contribution in [0, 0.1) is 6.92 Å². The molecule has 0 spiro atoms. The molecule has 154 valence electrons. The lowest BCUT2D eigenvalue weighted by atomic mass is 10.00. The van der Waals surface area contributed by atoms with Gasteiger partial charge in [0.05, 0.1) is 11.7 Å². The van der Waals surface area contributed by atoms with Gasteiger partial charge in [0.25, 0.3) is 0 Å². The molecule has 5 rings (SSSR count). The van der Waals surface area contributed by atoms with Gasteiger partial charge in [0, 0.05) is 30.8 Å². The minimum Gasteiger partial charge on any atom is -0.477 e. The molecule has 0 radical (unpaired) electrons. The van der Waals surface area contributed by atoms with Crippen molar-refractivity contribution in [3.63, 3.8) is 0 Å². The Morgan fingerprint density at radius 3 is 2.87 bits per heavy atom. The summed E-state index contributed by atoms with van der Waals surface area (Å²) < 4.78 is 17.7. The van der Waals surface area contributed by atoms with Crippen molar-refractivity contribution in [3.8, 4) is 11.5 Å². The van der Waals surface area contributed by atoms with E-state index in [9.17, 15) is 4.79 Å². The van der Waals surface area contributed by atoms with Crippen LogP contribution in [0.1, 0.15) is 39.9 Å². The van der Waals surface area contributed by atoms with Gasteiger partial charge in [-0.15, -0.1) is 0 Å². The minimum atomic E-state index is -0.0788. The number of fused-ring (bicyclic) bond motifs is 2. The molecule has 0 N–H and O–H groups in total. The van der Waals surface area contributed by atoms with Crippen molar-refractivity contribution in [3.05, 3.63) is 76.6 Å². The molecule has 0 aliphatic carbocycles. The van der Waals surface area contributed by atoms with E-state index in [4.69, 9.17) is 14.2 Å². The first-order chi connectivity index (χ1) is 14.7. The zero-order valence-electron chi connectivity index (χ0n) is 17.1. The first-order valence-corrected chi connectivity index (χ1v) is 10.5. The van der Waals surface area contributed by atoms with Crippen LogP contribution in [0.2, 0.25) is 0 Å². The average molecular weight is 403 g/mol. The van der Waals surface area contributed by atoms with Crippen LogP contribution in [0.25, 0.3) is 6.08 Å². The first-order valence-electron chi connectivity index (χ1n) is 10.5. The summed E-state index contributed by atoms with van der Waals surface area (Å²) in [7, 11) is 0. The number of hydrogen-bond donors (Lipinski definition) is 0. The fraction of sp³-hybridized carbons (Fsp3) is 0.320. The molecule has 0 aromatic heterocycles. The van der Waals surface area contributed by atoms with Crippen LogP contribution in [0.3, 0.4) is 0 Å². The number of ketones is 1. The predicted octanol–water partition coefficient (Wildman–Crippen LogP) is 4.50. The number of benzene rings is 2. The lowest BCUT2D eigenvalue weighted by molar-refractivity contribution is 0.0276. The number of carbonyl (C=O) groups excluding carboxylic acids is 1. The van der Waals surface area contributed by atoms with E-state index in [0.717, 1.165) is 55.0 Å². The second-order valence-electron chi connectivity index (χ2n) is 8.02. The topological polar surface area (TPSA) is 48.0 Å². The molecule has 3 aliphatic heterocycles. The molecule has 0 amide bonds. The molecular weight excluding hydrogens is 378 g/mol.